The first kappa shape index (κ1) is 20.0. The average molecular weight is 400 g/mol. The molecule has 1 amide bonds. The zero-order valence-electron chi connectivity index (χ0n) is 17.3. The van der Waals surface area contributed by atoms with E-state index in [1.807, 2.05) is 21.7 Å². The third-order valence-electron chi connectivity index (χ3n) is 6.15. The summed E-state index contributed by atoms with van der Waals surface area (Å²) in [5, 5.41) is 8.30. The molecule has 7 heteroatoms. The highest BCUT2D eigenvalue weighted by Gasteiger charge is 2.31. The van der Waals surface area contributed by atoms with Gasteiger partial charge in [0.05, 0.1) is 0 Å². The normalized spacial score (nSPS) is 20.0. The molecule has 0 bridgehead atoms. The summed E-state index contributed by atoms with van der Waals surface area (Å²) in [6.07, 6.45) is 2.75. The highest BCUT2D eigenvalue weighted by atomic mass is 19.1. The van der Waals surface area contributed by atoms with Crippen molar-refractivity contribution in [3.63, 3.8) is 0 Å². The Bertz CT molecular complexity index is 855. The quantitative estimate of drug-likeness (QED) is 0.837. The molecule has 4 rings (SSSR count). The molecule has 1 N–H and O–H groups in total. The summed E-state index contributed by atoms with van der Waals surface area (Å²) < 4.78 is 15.1. The van der Waals surface area contributed by atoms with E-state index in [9.17, 15) is 9.18 Å². The zero-order chi connectivity index (χ0) is 20.4. The molecule has 0 radical (unpaired) electrons. The minimum Gasteiger partial charge on any atom is -0.335 e. The SMILES string of the molecule is CCn1nc(C(=O)N2CCN(C)CC2)c2c1CCC(NCc1ccc(F)cc1)C2. The van der Waals surface area contributed by atoms with Gasteiger partial charge < -0.3 is 15.1 Å². The molecule has 1 saturated heterocycles. The van der Waals surface area contributed by atoms with Crippen LogP contribution in [0.2, 0.25) is 0 Å². The third-order valence-corrected chi connectivity index (χ3v) is 6.15. The molecule has 6 nitrogen and oxygen atoms in total. The number of aromatic nitrogens is 2. The van der Waals surface area contributed by atoms with E-state index in [0.29, 0.717) is 18.3 Å². The molecule has 1 aliphatic carbocycles. The first-order chi connectivity index (χ1) is 14.0. The van der Waals surface area contributed by atoms with Gasteiger partial charge in [-0.15, -0.1) is 0 Å². The molecule has 29 heavy (non-hydrogen) atoms. The van der Waals surface area contributed by atoms with E-state index in [1.165, 1.54) is 17.8 Å². The summed E-state index contributed by atoms with van der Waals surface area (Å²) in [5.74, 6) is -0.143. The lowest BCUT2D eigenvalue weighted by Gasteiger charge is -2.32. The molecule has 1 unspecified atom stereocenters. The first-order valence-corrected chi connectivity index (χ1v) is 10.6. The molecule has 1 aromatic heterocycles. The smallest absolute Gasteiger partial charge is 0.274 e. The minimum absolute atomic E-state index is 0.0701. The van der Waals surface area contributed by atoms with Crippen LogP contribution < -0.4 is 5.32 Å². The number of fused-ring (bicyclic) bond motifs is 1. The van der Waals surface area contributed by atoms with E-state index in [0.717, 1.165) is 63.1 Å². The van der Waals surface area contributed by atoms with E-state index in [-0.39, 0.29) is 11.7 Å². The predicted molar refractivity (Wildman–Crippen MR) is 110 cm³/mol. The topological polar surface area (TPSA) is 53.4 Å². The van der Waals surface area contributed by atoms with Crippen molar-refractivity contribution in [2.24, 2.45) is 0 Å². The number of likely N-dealkylation sites (N-methyl/N-ethyl adjacent to an activating group) is 1. The van der Waals surface area contributed by atoms with Crippen LogP contribution in [0.1, 0.15) is 40.7 Å². The van der Waals surface area contributed by atoms with Gasteiger partial charge in [0.25, 0.3) is 5.91 Å². The second-order valence-electron chi connectivity index (χ2n) is 8.13. The summed E-state index contributed by atoms with van der Waals surface area (Å²) in [4.78, 5) is 17.4. The number of nitrogens with one attached hydrogen (secondary N) is 1. The Morgan fingerprint density at radius 2 is 1.93 bits per heavy atom. The lowest BCUT2D eigenvalue weighted by molar-refractivity contribution is 0.0656. The summed E-state index contributed by atoms with van der Waals surface area (Å²) in [6, 6.07) is 6.91. The maximum atomic E-state index is 13.2. The molecule has 1 fully saturated rings. The minimum atomic E-state index is -0.213. The van der Waals surface area contributed by atoms with Crippen LogP contribution in [-0.4, -0.2) is 64.8 Å². The first-order valence-electron chi connectivity index (χ1n) is 10.6. The molecule has 0 saturated carbocycles. The van der Waals surface area contributed by atoms with Crippen LogP contribution >= 0.6 is 0 Å². The fraction of sp³-hybridized carbons (Fsp3) is 0.545. The zero-order valence-corrected chi connectivity index (χ0v) is 17.3. The number of rotatable bonds is 5. The van der Waals surface area contributed by atoms with Crippen molar-refractivity contribution >= 4 is 5.91 Å². The summed E-state index contributed by atoms with van der Waals surface area (Å²) in [5.41, 5.74) is 4.03. The van der Waals surface area contributed by atoms with E-state index in [4.69, 9.17) is 5.10 Å². The van der Waals surface area contributed by atoms with Crippen LogP contribution in [0.3, 0.4) is 0 Å². The molecule has 1 atom stereocenters. The van der Waals surface area contributed by atoms with Gasteiger partial charge in [-0.05, 0) is 50.9 Å². The van der Waals surface area contributed by atoms with Crippen molar-refractivity contribution in [2.45, 2.75) is 45.3 Å². The molecule has 1 aromatic carbocycles. The van der Waals surface area contributed by atoms with Crippen molar-refractivity contribution in [3.05, 3.63) is 52.6 Å². The molecular weight excluding hydrogens is 369 g/mol. The van der Waals surface area contributed by atoms with Gasteiger partial charge in [-0.2, -0.15) is 5.10 Å². The number of nitrogens with zero attached hydrogens (tertiary/aromatic N) is 4. The Kier molecular flexibility index (Phi) is 5.96. The third kappa shape index (κ3) is 4.36. The highest BCUT2D eigenvalue weighted by molar-refractivity contribution is 5.94. The Morgan fingerprint density at radius 1 is 1.21 bits per heavy atom. The maximum absolute atomic E-state index is 13.2. The summed E-state index contributed by atoms with van der Waals surface area (Å²) in [7, 11) is 2.09. The Balaban J connectivity index is 1.48. The maximum Gasteiger partial charge on any atom is 0.274 e. The largest absolute Gasteiger partial charge is 0.335 e. The van der Waals surface area contributed by atoms with E-state index < -0.39 is 0 Å². The van der Waals surface area contributed by atoms with Gasteiger partial charge in [0.1, 0.15) is 5.82 Å². The van der Waals surface area contributed by atoms with Gasteiger partial charge in [0.2, 0.25) is 0 Å². The number of carbonyl (C=O) groups excluding carboxylic acids is 1. The van der Waals surface area contributed by atoms with Crippen molar-refractivity contribution in [3.8, 4) is 0 Å². The molecule has 0 spiro atoms. The van der Waals surface area contributed by atoms with Crippen molar-refractivity contribution in [1.82, 2.24) is 24.9 Å². The fourth-order valence-electron chi connectivity index (χ4n) is 4.32. The molecule has 2 heterocycles. The van der Waals surface area contributed by atoms with E-state index in [2.05, 4.69) is 24.2 Å². The van der Waals surface area contributed by atoms with E-state index >= 15 is 0 Å². The van der Waals surface area contributed by atoms with Crippen LogP contribution in [0.5, 0.6) is 0 Å². The van der Waals surface area contributed by atoms with Crippen molar-refractivity contribution in [2.75, 3.05) is 33.2 Å². The highest BCUT2D eigenvalue weighted by Crippen LogP contribution is 2.26. The van der Waals surface area contributed by atoms with Gasteiger partial charge in [-0.25, -0.2) is 4.39 Å². The lowest BCUT2D eigenvalue weighted by atomic mass is 9.90. The van der Waals surface area contributed by atoms with Gasteiger partial charge in [0.15, 0.2) is 5.69 Å². The number of amides is 1. The Labute approximate surface area is 171 Å². The molecule has 1 aliphatic heterocycles. The Hall–Kier alpha value is -2.25. The monoisotopic (exact) mass is 399 g/mol. The summed E-state index contributed by atoms with van der Waals surface area (Å²) >= 11 is 0. The number of carbonyl (C=O) groups is 1. The second kappa shape index (κ2) is 8.63. The molecular formula is C22H30FN5O. The average Bonchev–Trinajstić information content (AvgIpc) is 3.11. The predicted octanol–water partition coefficient (Wildman–Crippen LogP) is 2.08. The van der Waals surface area contributed by atoms with E-state index in [1.54, 1.807) is 0 Å². The van der Waals surface area contributed by atoms with Gasteiger partial charge in [-0.1, -0.05) is 12.1 Å². The molecule has 2 aliphatic rings. The van der Waals surface area contributed by atoms with Crippen LogP contribution in [0.25, 0.3) is 0 Å². The molecule has 2 aromatic rings. The lowest BCUT2D eigenvalue weighted by Crippen LogP contribution is -2.47. The Morgan fingerprint density at radius 3 is 2.62 bits per heavy atom. The fourth-order valence-corrected chi connectivity index (χ4v) is 4.32. The standard InChI is InChI=1S/C22H30FN5O/c1-3-28-20-9-8-18(24-15-16-4-6-17(23)7-5-16)14-19(20)21(25-28)22(29)27-12-10-26(2)11-13-27/h4-7,18,24H,3,8-15H2,1-2H3. The number of hydrogen-bond donors (Lipinski definition) is 1. The van der Waals surface area contributed by atoms with Crippen LogP contribution in [0, 0.1) is 5.82 Å². The van der Waals surface area contributed by atoms with Crippen LogP contribution in [-0.2, 0) is 25.9 Å². The van der Waals surface area contributed by atoms with Crippen LogP contribution in [0.4, 0.5) is 4.39 Å². The summed E-state index contributed by atoms with van der Waals surface area (Å²) in [6.45, 7) is 6.89. The second-order valence-corrected chi connectivity index (χ2v) is 8.13. The van der Waals surface area contributed by atoms with Crippen molar-refractivity contribution in [1.29, 1.82) is 0 Å². The van der Waals surface area contributed by atoms with Crippen molar-refractivity contribution < 1.29 is 9.18 Å². The van der Waals surface area contributed by atoms with Gasteiger partial charge >= 0.3 is 0 Å². The molecule has 156 valence electrons. The van der Waals surface area contributed by atoms with Gasteiger partial charge in [-0.3, -0.25) is 9.48 Å². The number of aryl methyl sites for hydroxylation is 1. The van der Waals surface area contributed by atoms with Crippen LogP contribution in [0.15, 0.2) is 24.3 Å². The van der Waals surface area contributed by atoms with Gasteiger partial charge in [0, 0.05) is 56.6 Å². The number of halogens is 1. The number of benzene rings is 1. The number of hydrogen-bond acceptors (Lipinski definition) is 4. The number of piperazine rings is 1.